The van der Waals surface area contributed by atoms with Gasteiger partial charge in [-0.1, -0.05) is 60.2 Å². The van der Waals surface area contributed by atoms with E-state index in [1.54, 1.807) is 0 Å². The minimum absolute atomic E-state index is 0.0615. The summed E-state index contributed by atoms with van der Waals surface area (Å²) < 4.78 is 0.364. The van der Waals surface area contributed by atoms with Crippen LogP contribution in [0, 0.1) is 6.92 Å². The van der Waals surface area contributed by atoms with E-state index in [9.17, 15) is 15.0 Å². The van der Waals surface area contributed by atoms with E-state index in [1.807, 2.05) is 89.2 Å². The smallest absolute Gasteiger partial charge is 0.120 e. The third kappa shape index (κ3) is 4.62. The summed E-state index contributed by atoms with van der Waals surface area (Å²) in [6.45, 7) is 10.6. The zero-order valence-electron chi connectivity index (χ0n) is 17.7. The first-order chi connectivity index (χ1) is 13.1. The number of benzene rings is 2. The van der Waals surface area contributed by atoms with E-state index < -0.39 is 11.6 Å². The van der Waals surface area contributed by atoms with Crippen molar-refractivity contribution in [2.45, 2.75) is 58.7 Å². The molecule has 4 heteroatoms. The van der Waals surface area contributed by atoms with Crippen LogP contribution >= 0.6 is 0 Å². The maximum atomic E-state index is 11.9. The van der Waals surface area contributed by atoms with E-state index in [-0.39, 0.29) is 18.6 Å². The van der Waals surface area contributed by atoms with Crippen molar-refractivity contribution in [2.75, 3.05) is 13.1 Å². The predicted octanol–water partition coefficient (Wildman–Crippen LogP) is 3.00. The molecular formula is C24H33NO3. The molecule has 1 atom stereocenters. The van der Waals surface area contributed by atoms with Gasteiger partial charge < -0.3 is 19.5 Å². The number of carboxylic acids is 1. The monoisotopic (exact) mass is 383 g/mol. The molecule has 0 heterocycles. The highest BCUT2D eigenvalue weighted by Gasteiger charge is 2.40. The molecule has 0 aliphatic rings. The summed E-state index contributed by atoms with van der Waals surface area (Å²) >= 11 is 0. The number of aliphatic carboxylic acids is 1. The van der Waals surface area contributed by atoms with Crippen molar-refractivity contribution >= 4 is 5.97 Å². The highest BCUT2D eigenvalue weighted by Crippen LogP contribution is 2.35. The molecule has 0 spiro atoms. The van der Waals surface area contributed by atoms with Gasteiger partial charge in [0.2, 0.25) is 0 Å². The molecule has 4 nitrogen and oxygen atoms in total. The summed E-state index contributed by atoms with van der Waals surface area (Å²) in [4.78, 5) is 11.5. The molecule has 152 valence electrons. The van der Waals surface area contributed by atoms with Crippen LogP contribution in [0.2, 0.25) is 0 Å². The summed E-state index contributed by atoms with van der Waals surface area (Å²) in [5.74, 6) is -1.05. The number of aliphatic hydroxyl groups is 1. The molecule has 0 aromatic heterocycles. The number of hydrogen-bond acceptors (Lipinski definition) is 3. The molecule has 1 unspecified atom stereocenters. The topological polar surface area (TPSA) is 60.4 Å². The summed E-state index contributed by atoms with van der Waals surface area (Å²) in [6, 6.07) is 17.7. The van der Waals surface area contributed by atoms with Crippen LogP contribution in [0.15, 0.2) is 54.6 Å². The van der Waals surface area contributed by atoms with Crippen LogP contribution in [0.5, 0.6) is 0 Å². The molecule has 1 N–H and O–H groups in total. The highest BCUT2D eigenvalue weighted by molar-refractivity contribution is 5.65. The SMILES string of the molecule is Cc1cccc(C(O)(CC[N+](CC(=O)[O-])(C(C)C)C(C)C)c2ccccc2)c1. The largest absolute Gasteiger partial charge is 0.544 e. The Labute approximate surface area is 169 Å². The molecule has 2 rings (SSSR count). The number of carbonyl (C=O) groups is 1. The van der Waals surface area contributed by atoms with Crippen LogP contribution in [-0.2, 0) is 10.4 Å². The summed E-state index contributed by atoms with van der Waals surface area (Å²) in [5, 5.41) is 23.4. The third-order valence-electron chi connectivity index (χ3n) is 6.12. The number of hydrogen-bond donors (Lipinski definition) is 1. The fourth-order valence-corrected chi connectivity index (χ4v) is 4.24. The maximum Gasteiger partial charge on any atom is 0.120 e. The minimum atomic E-state index is -1.19. The molecule has 0 fully saturated rings. The first-order valence-electron chi connectivity index (χ1n) is 10.0. The van der Waals surface area contributed by atoms with Gasteiger partial charge in [-0.25, -0.2) is 0 Å². The quantitative estimate of drug-likeness (QED) is 0.677. The predicted molar refractivity (Wildman–Crippen MR) is 111 cm³/mol. The Morgan fingerprint density at radius 3 is 2.07 bits per heavy atom. The molecule has 0 aliphatic carbocycles. The van der Waals surface area contributed by atoms with Gasteiger partial charge in [0.15, 0.2) is 0 Å². The van der Waals surface area contributed by atoms with Gasteiger partial charge in [-0.05, 0) is 45.7 Å². The van der Waals surface area contributed by atoms with Gasteiger partial charge in [-0.3, -0.25) is 0 Å². The van der Waals surface area contributed by atoms with E-state index >= 15 is 0 Å². The van der Waals surface area contributed by atoms with E-state index in [2.05, 4.69) is 0 Å². The molecular weight excluding hydrogens is 350 g/mol. The number of nitrogens with zero attached hydrogens (tertiary/aromatic N) is 1. The van der Waals surface area contributed by atoms with Gasteiger partial charge in [0.25, 0.3) is 0 Å². The molecule has 0 saturated carbocycles. The van der Waals surface area contributed by atoms with Crippen molar-refractivity contribution in [2.24, 2.45) is 0 Å². The summed E-state index contributed by atoms with van der Waals surface area (Å²) in [7, 11) is 0. The van der Waals surface area contributed by atoms with Crippen LogP contribution in [0.25, 0.3) is 0 Å². The van der Waals surface area contributed by atoms with E-state index in [0.29, 0.717) is 17.4 Å². The van der Waals surface area contributed by atoms with Crippen LogP contribution < -0.4 is 5.11 Å². The average molecular weight is 384 g/mol. The number of aryl methyl sites for hydroxylation is 1. The number of rotatable bonds is 9. The second kappa shape index (κ2) is 8.89. The van der Waals surface area contributed by atoms with Gasteiger partial charge in [0.1, 0.15) is 12.1 Å². The Balaban J connectivity index is 2.49. The molecule has 2 aromatic rings. The van der Waals surface area contributed by atoms with Crippen LogP contribution in [-0.4, -0.2) is 40.7 Å². The number of quaternary nitrogens is 1. The van der Waals surface area contributed by atoms with Crippen molar-refractivity contribution in [3.05, 3.63) is 71.3 Å². The van der Waals surface area contributed by atoms with Crippen molar-refractivity contribution in [3.63, 3.8) is 0 Å². The van der Waals surface area contributed by atoms with Crippen molar-refractivity contribution in [3.8, 4) is 0 Å². The highest BCUT2D eigenvalue weighted by atomic mass is 16.4. The Hall–Kier alpha value is -2.17. The molecule has 0 saturated heterocycles. The average Bonchev–Trinajstić information content (AvgIpc) is 2.64. The first kappa shape index (κ1) is 22.1. The Bertz CT molecular complexity index is 777. The van der Waals surface area contributed by atoms with E-state index in [0.717, 1.165) is 16.7 Å². The van der Waals surface area contributed by atoms with Gasteiger partial charge in [0, 0.05) is 6.42 Å². The van der Waals surface area contributed by atoms with Crippen molar-refractivity contribution < 1.29 is 19.5 Å². The zero-order chi connectivity index (χ0) is 20.9. The molecule has 28 heavy (non-hydrogen) atoms. The fraction of sp³-hybridized carbons (Fsp3) is 0.458. The fourth-order valence-electron chi connectivity index (χ4n) is 4.24. The standard InChI is InChI=1S/C24H33NO3/c1-18(2)25(19(3)4,17-23(26)27)15-14-24(28,21-11-7-6-8-12-21)22-13-9-10-20(5)16-22/h6-13,16,18-19,28H,14-15,17H2,1-5H3. The number of carbonyl (C=O) groups excluding carboxylic acids is 1. The van der Waals surface area contributed by atoms with Crippen LogP contribution in [0.1, 0.15) is 50.8 Å². The molecule has 0 aliphatic heterocycles. The molecule has 0 radical (unpaired) electrons. The normalized spacial score (nSPS) is 14.3. The minimum Gasteiger partial charge on any atom is -0.544 e. The maximum absolute atomic E-state index is 11.9. The summed E-state index contributed by atoms with van der Waals surface area (Å²) in [6.07, 6.45) is 0.421. The second-order valence-electron chi connectivity index (χ2n) is 8.39. The van der Waals surface area contributed by atoms with Gasteiger partial charge in [-0.2, -0.15) is 0 Å². The van der Waals surface area contributed by atoms with Crippen LogP contribution in [0.4, 0.5) is 0 Å². The van der Waals surface area contributed by atoms with Gasteiger partial charge in [0.05, 0.1) is 24.6 Å². The van der Waals surface area contributed by atoms with Gasteiger partial charge >= 0.3 is 0 Å². The molecule has 2 aromatic carbocycles. The second-order valence-corrected chi connectivity index (χ2v) is 8.39. The lowest BCUT2D eigenvalue weighted by Gasteiger charge is -2.47. The first-order valence-corrected chi connectivity index (χ1v) is 10.0. The number of carboxylic acid groups (broad SMARTS) is 1. The van der Waals surface area contributed by atoms with Crippen LogP contribution in [0.3, 0.4) is 0 Å². The third-order valence-corrected chi connectivity index (χ3v) is 6.12. The van der Waals surface area contributed by atoms with Crippen molar-refractivity contribution in [1.29, 1.82) is 0 Å². The Kier molecular flexibility index (Phi) is 7.02. The molecule has 0 amide bonds. The van der Waals surface area contributed by atoms with Gasteiger partial charge in [-0.15, -0.1) is 0 Å². The Morgan fingerprint density at radius 1 is 1.00 bits per heavy atom. The van der Waals surface area contributed by atoms with E-state index in [1.165, 1.54) is 0 Å². The van der Waals surface area contributed by atoms with Crippen molar-refractivity contribution in [1.82, 2.24) is 0 Å². The lowest BCUT2D eigenvalue weighted by Crippen LogP contribution is -2.63. The summed E-state index contributed by atoms with van der Waals surface area (Å²) in [5.41, 5.74) is 1.54. The van der Waals surface area contributed by atoms with E-state index in [4.69, 9.17) is 0 Å². The lowest BCUT2D eigenvalue weighted by molar-refractivity contribution is -0.962. The lowest BCUT2D eigenvalue weighted by atomic mass is 9.82. The Morgan fingerprint density at radius 2 is 1.57 bits per heavy atom. The molecule has 0 bridgehead atoms. The zero-order valence-corrected chi connectivity index (χ0v) is 17.7.